The van der Waals surface area contributed by atoms with Crippen LogP contribution in [0.4, 0.5) is 0 Å². The molecule has 2 rings (SSSR count). The minimum absolute atomic E-state index is 0.124. The first-order valence-electron chi connectivity index (χ1n) is 7.12. The third-order valence-corrected chi connectivity index (χ3v) is 4.62. The predicted molar refractivity (Wildman–Crippen MR) is 76.5 cm³/mol. The number of pyridine rings is 1. The summed E-state index contributed by atoms with van der Waals surface area (Å²) in [5.74, 6) is 8.59. The number of nitrogens with zero attached hydrogens (tertiary/aromatic N) is 1. The Morgan fingerprint density at radius 2 is 2.16 bits per heavy atom. The predicted octanol–water partition coefficient (Wildman–Crippen LogP) is 2.67. The Morgan fingerprint density at radius 3 is 2.79 bits per heavy atom. The van der Waals surface area contributed by atoms with Crippen LogP contribution < -0.4 is 16.0 Å². The van der Waals surface area contributed by atoms with Crippen molar-refractivity contribution in [3.05, 3.63) is 23.9 Å². The van der Waals surface area contributed by atoms with E-state index in [0.29, 0.717) is 11.8 Å². The zero-order chi connectivity index (χ0) is 13.8. The number of aromatic nitrogens is 1. The number of nitrogens with one attached hydrogen (secondary N) is 1. The molecule has 4 heteroatoms. The zero-order valence-electron chi connectivity index (χ0n) is 12.1. The van der Waals surface area contributed by atoms with Crippen molar-refractivity contribution in [2.45, 2.75) is 39.2 Å². The molecule has 1 aromatic heterocycles. The van der Waals surface area contributed by atoms with Gasteiger partial charge in [-0.2, -0.15) is 0 Å². The fourth-order valence-electron chi connectivity index (χ4n) is 3.18. The van der Waals surface area contributed by atoms with E-state index in [4.69, 9.17) is 10.6 Å². The van der Waals surface area contributed by atoms with Crippen molar-refractivity contribution < 1.29 is 4.74 Å². The van der Waals surface area contributed by atoms with Gasteiger partial charge in [-0.1, -0.05) is 26.3 Å². The van der Waals surface area contributed by atoms with Crippen LogP contribution in [0, 0.1) is 17.8 Å². The summed E-state index contributed by atoms with van der Waals surface area (Å²) < 4.78 is 5.36. The van der Waals surface area contributed by atoms with Gasteiger partial charge >= 0.3 is 0 Å². The van der Waals surface area contributed by atoms with Gasteiger partial charge in [0.15, 0.2) is 0 Å². The lowest BCUT2D eigenvalue weighted by Gasteiger charge is -2.36. The molecule has 4 atom stereocenters. The van der Waals surface area contributed by atoms with Gasteiger partial charge in [0.05, 0.1) is 13.2 Å². The number of hydrogen-bond acceptors (Lipinski definition) is 4. The lowest BCUT2D eigenvalue weighted by Crippen LogP contribution is -2.37. The minimum Gasteiger partial charge on any atom is -0.481 e. The second-order valence-corrected chi connectivity index (χ2v) is 5.77. The van der Waals surface area contributed by atoms with Crippen LogP contribution in [0.5, 0.6) is 5.88 Å². The SMILES string of the molecule is COc1ncccc1C(NN)C1CCC(C)C(C)C1. The van der Waals surface area contributed by atoms with Crippen LogP contribution in [0.3, 0.4) is 0 Å². The smallest absolute Gasteiger partial charge is 0.217 e. The average Bonchev–Trinajstić information content (AvgIpc) is 2.44. The van der Waals surface area contributed by atoms with Crippen molar-refractivity contribution >= 4 is 0 Å². The van der Waals surface area contributed by atoms with Crippen LogP contribution in [-0.2, 0) is 0 Å². The van der Waals surface area contributed by atoms with Gasteiger partial charge in [-0.05, 0) is 36.7 Å². The quantitative estimate of drug-likeness (QED) is 0.647. The van der Waals surface area contributed by atoms with E-state index in [-0.39, 0.29) is 6.04 Å². The van der Waals surface area contributed by atoms with E-state index in [0.717, 1.165) is 17.4 Å². The molecule has 0 amide bonds. The Balaban J connectivity index is 2.20. The molecule has 3 N–H and O–H groups in total. The summed E-state index contributed by atoms with van der Waals surface area (Å²) in [6.07, 6.45) is 5.43. The Kier molecular flexibility index (Phi) is 4.77. The standard InChI is InChI=1S/C15H25N3O/c1-10-6-7-12(9-11(10)2)14(18-16)13-5-4-8-17-15(13)19-3/h4-5,8,10-12,14,18H,6-7,9,16H2,1-3H3. The summed E-state index contributed by atoms with van der Waals surface area (Å²) in [4.78, 5) is 4.28. The molecular formula is C15H25N3O. The van der Waals surface area contributed by atoms with Crippen LogP contribution in [0.25, 0.3) is 0 Å². The van der Waals surface area contributed by atoms with Crippen LogP contribution in [-0.4, -0.2) is 12.1 Å². The first-order valence-corrected chi connectivity index (χ1v) is 7.12. The van der Waals surface area contributed by atoms with Crippen molar-refractivity contribution in [3.63, 3.8) is 0 Å². The Labute approximate surface area is 115 Å². The molecule has 1 aromatic rings. The van der Waals surface area contributed by atoms with E-state index in [9.17, 15) is 0 Å². The maximum absolute atomic E-state index is 5.81. The molecule has 1 fully saturated rings. The van der Waals surface area contributed by atoms with E-state index in [1.165, 1.54) is 19.3 Å². The molecule has 1 aliphatic carbocycles. The first-order chi connectivity index (χ1) is 9.17. The molecule has 19 heavy (non-hydrogen) atoms. The molecule has 0 aromatic carbocycles. The number of methoxy groups -OCH3 is 1. The van der Waals surface area contributed by atoms with Crippen molar-refractivity contribution in [1.82, 2.24) is 10.4 Å². The van der Waals surface area contributed by atoms with Gasteiger partial charge in [-0.15, -0.1) is 0 Å². The van der Waals surface area contributed by atoms with Gasteiger partial charge in [-0.25, -0.2) is 4.98 Å². The van der Waals surface area contributed by atoms with E-state index >= 15 is 0 Å². The number of hydrazine groups is 1. The number of nitrogens with two attached hydrogens (primary N) is 1. The highest BCUT2D eigenvalue weighted by atomic mass is 16.5. The van der Waals surface area contributed by atoms with E-state index in [1.807, 2.05) is 6.07 Å². The van der Waals surface area contributed by atoms with Crippen LogP contribution in [0.15, 0.2) is 18.3 Å². The van der Waals surface area contributed by atoms with Crippen LogP contribution in [0.1, 0.15) is 44.7 Å². The van der Waals surface area contributed by atoms with Gasteiger partial charge in [0, 0.05) is 11.8 Å². The third kappa shape index (κ3) is 3.07. The normalized spacial score (nSPS) is 28.9. The van der Waals surface area contributed by atoms with E-state index in [1.54, 1.807) is 13.3 Å². The lowest BCUT2D eigenvalue weighted by molar-refractivity contribution is 0.169. The highest BCUT2D eigenvalue weighted by molar-refractivity contribution is 5.29. The second kappa shape index (κ2) is 6.35. The lowest BCUT2D eigenvalue weighted by atomic mass is 9.72. The summed E-state index contributed by atoms with van der Waals surface area (Å²) in [7, 11) is 1.66. The van der Waals surface area contributed by atoms with Gasteiger partial charge in [0.25, 0.3) is 0 Å². The van der Waals surface area contributed by atoms with Gasteiger partial charge in [0.1, 0.15) is 0 Å². The number of ether oxygens (including phenoxy) is 1. The summed E-state index contributed by atoms with van der Waals surface area (Å²) in [6, 6.07) is 4.12. The van der Waals surface area contributed by atoms with Crippen molar-refractivity contribution in [2.75, 3.05) is 7.11 Å². The second-order valence-electron chi connectivity index (χ2n) is 5.77. The van der Waals surface area contributed by atoms with Crippen molar-refractivity contribution in [1.29, 1.82) is 0 Å². The molecule has 0 bridgehead atoms. The Morgan fingerprint density at radius 1 is 1.37 bits per heavy atom. The minimum atomic E-state index is 0.124. The largest absolute Gasteiger partial charge is 0.481 e. The van der Waals surface area contributed by atoms with Crippen molar-refractivity contribution in [3.8, 4) is 5.88 Å². The molecule has 0 radical (unpaired) electrons. The molecule has 0 aliphatic heterocycles. The molecule has 1 heterocycles. The Bertz CT molecular complexity index is 410. The maximum atomic E-state index is 5.81. The maximum Gasteiger partial charge on any atom is 0.217 e. The molecule has 0 spiro atoms. The molecule has 4 nitrogen and oxygen atoms in total. The fraction of sp³-hybridized carbons (Fsp3) is 0.667. The number of rotatable bonds is 4. The summed E-state index contributed by atoms with van der Waals surface area (Å²) in [5.41, 5.74) is 4.05. The fourth-order valence-corrected chi connectivity index (χ4v) is 3.18. The van der Waals surface area contributed by atoms with Gasteiger partial charge < -0.3 is 4.74 Å². The summed E-state index contributed by atoms with van der Waals surface area (Å²) in [5, 5.41) is 0. The molecule has 1 saturated carbocycles. The Hall–Kier alpha value is -1.13. The molecule has 4 unspecified atom stereocenters. The van der Waals surface area contributed by atoms with Crippen LogP contribution >= 0.6 is 0 Å². The van der Waals surface area contributed by atoms with Gasteiger partial charge in [0.2, 0.25) is 5.88 Å². The first kappa shape index (κ1) is 14.3. The average molecular weight is 263 g/mol. The summed E-state index contributed by atoms with van der Waals surface area (Å²) >= 11 is 0. The molecular weight excluding hydrogens is 238 g/mol. The molecule has 0 saturated heterocycles. The third-order valence-electron chi connectivity index (χ3n) is 4.62. The molecule has 106 valence electrons. The topological polar surface area (TPSA) is 60.2 Å². The monoisotopic (exact) mass is 263 g/mol. The van der Waals surface area contributed by atoms with E-state index < -0.39 is 0 Å². The summed E-state index contributed by atoms with van der Waals surface area (Å²) in [6.45, 7) is 4.68. The van der Waals surface area contributed by atoms with Gasteiger partial charge in [-0.3, -0.25) is 11.3 Å². The highest BCUT2D eigenvalue weighted by Gasteiger charge is 2.32. The zero-order valence-corrected chi connectivity index (χ0v) is 12.1. The van der Waals surface area contributed by atoms with E-state index in [2.05, 4.69) is 30.3 Å². The molecule has 1 aliphatic rings. The highest BCUT2D eigenvalue weighted by Crippen LogP contribution is 2.41. The van der Waals surface area contributed by atoms with Crippen molar-refractivity contribution in [2.24, 2.45) is 23.6 Å². The van der Waals surface area contributed by atoms with Crippen LogP contribution in [0.2, 0.25) is 0 Å². The number of hydrogen-bond donors (Lipinski definition) is 2.